The lowest BCUT2D eigenvalue weighted by molar-refractivity contribution is 0.482. The van der Waals surface area contributed by atoms with Gasteiger partial charge in [0.15, 0.2) is 0 Å². The highest BCUT2D eigenvalue weighted by Crippen LogP contribution is 2.22. The standard InChI is InChI=1S/C16H20N2O/c1-18-12-2-3-13-4-8-15(9-5-13)19-16-10-6-14(17)7-11-16/h4-11,18H,2-3,12,17H2,1H3. The molecule has 0 aromatic heterocycles. The quantitative estimate of drug-likeness (QED) is 0.616. The molecule has 0 atom stereocenters. The molecular weight excluding hydrogens is 236 g/mol. The Morgan fingerprint density at radius 1 is 0.947 bits per heavy atom. The van der Waals surface area contributed by atoms with Crippen LogP contribution in [0.15, 0.2) is 48.5 Å². The fraction of sp³-hybridized carbons (Fsp3) is 0.250. The van der Waals surface area contributed by atoms with Crippen LogP contribution in [0.5, 0.6) is 11.5 Å². The van der Waals surface area contributed by atoms with Crippen molar-refractivity contribution >= 4 is 5.69 Å². The zero-order valence-corrected chi connectivity index (χ0v) is 11.2. The summed E-state index contributed by atoms with van der Waals surface area (Å²) in [5.74, 6) is 1.65. The lowest BCUT2D eigenvalue weighted by Gasteiger charge is -2.07. The second-order valence-electron chi connectivity index (χ2n) is 4.52. The number of hydrogen-bond donors (Lipinski definition) is 2. The number of hydrogen-bond acceptors (Lipinski definition) is 3. The summed E-state index contributed by atoms with van der Waals surface area (Å²) in [5.41, 5.74) is 7.71. The highest BCUT2D eigenvalue weighted by atomic mass is 16.5. The van der Waals surface area contributed by atoms with E-state index in [9.17, 15) is 0 Å². The van der Waals surface area contributed by atoms with Crippen molar-refractivity contribution in [3.05, 3.63) is 54.1 Å². The molecule has 0 bridgehead atoms. The molecule has 0 radical (unpaired) electrons. The van der Waals surface area contributed by atoms with Gasteiger partial charge in [0, 0.05) is 5.69 Å². The van der Waals surface area contributed by atoms with Crippen molar-refractivity contribution < 1.29 is 4.74 Å². The molecule has 0 spiro atoms. The van der Waals surface area contributed by atoms with E-state index >= 15 is 0 Å². The molecule has 19 heavy (non-hydrogen) atoms. The first-order chi connectivity index (χ1) is 9.28. The molecule has 0 unspecified atom stereocenters. The largest absolute Gasteiger partial charge is 0.457 e. The van der Waals surface area contributed by atoms with E-state index in [-0.39, 0.29) is 0 Å². The van der Waals surface area contributed by atoms with Crippen molar-refractivity contribution in [2.75, 3.05) is 19.3 Å². The summed E-state index contributed by atoms with van der Waals surface area (Å²) in [6.45, 7) is 1.05. The van der Waals surface area contributed by atoms with Crippen LogP contribution in [0.2, 0.25) is 0 Å². The second kappa shape index (κ2) is 6.81. The van der Waals surface area contributed by atoms with Crippen molar-refractivity contribution in [1.29, 1.82) is 0 Å². The van der Waals surface area contributed by atoms with E-state index in [1.54, 1.807) is 0 Å². The number of nitrogens with two attached hydrogens (primary N) is 1. The molecule has 0 amide bonds. The highest BCUT2D eigenvalue weighted by molar-refractivity contribution is 5.43. The third-order valence-electron chi connectivity index (χ3n) is 2.93. The number of nitrogens with one attached hydrogen (secondary N) is 1. The van der Waals surface area contributed by atoms with Crippen LogP contribution in [0.25, 0.3) is 0 Å². The minimum absolute atomic E-state index is 0.743. The lowest BCUT2D eigenvalue weighted by Crippen LogP contribution is -2.08. The topological polar surface area (TPSA) is 47.3 Å². The Labute approximate surface area is 114 Å². The maximum absolute atomic E-state index is 5.75. The Kier molecular flexibility index (Phi) is 4.81. The fourth-order valence-corrected chi connectivity index (χ4v) is 1.87. The van der Waals surface area contributed by atoms with E-state index in [0.717, 1.165) is 36.6 Å². The molecule has 3 N–H and O–H groups in total. The average molecular weight is 256 g/mol. The first-order valence-electron chi connectivity index (χ1n) is 6.55. The van der Waals surface area contributed by atoms with Crippen LogP contribution < -0.4 is 15.8 Å². The van der Waals surface area contributed by atoms with Crippen molar-refractivity contribution in [3.8, 4) is 11.5 Å². The molecule has 3 nitrogen and oxygen atoms in total. The van der Waals surface area contributed by atoms with Crippen LogP contribution in [-0.2, 0) is 6.42 Å². The molecule has 0 aliphatic carbocycles. The van der Waals surface area contributed by atoms with Gasteiger partial charge in [-0.05, 0) is 68.4 Å². The summed E-state index contributed by atoms with van der Waals surface area (Å²) in [7, 11) is 1.98. The summed E-state index contributed by atoms with van der Waals surface area (Å²) in [6, 6.07) is 15.6. The highest BCUT2D eigenvalue weighted by Gasteiger charge is 1.98. The third kappa shape index (κ3) is 4.30. The van der Waals surface area contributed by atoms with Crippen molar-refractivity contribution in [2.45, 2.75) is 12.8 Å². The summed E-state index contributed by atoms with van der Waals surface area (Å²) < 4.78 is 5.75. The molecule has 0 aliphatic heterocycles. The van der Waals surface area contributed by atoms with E-state index in [1.165, 1.54) is 5.56 Å². The first kappa shape index (κ1) is 13.4. The summed E-state index contributed by atoms with van der Waals surface area (Å²) in [4.78, 5) is 0. The Morgan fingerprint density at radius 3 is 2.11 bits per heavy atom. The van der Waals surface area contributed by atoms with Crippen molar-refractivity contribution in [1.82, 2.24) is 5.32 Å². The van der Waals surface area contributed by atoms with Gasteiger partial charge in [-0.3, -0.25) is 0 Å². The smallest absolute Gasteiger partial charge is 0.127 e. The van der Waals surface area contributed by atoms with E-state index in [2.05, 4.69) is 17.4 Å². The van der Waals surface area contributed by atoms with Crippen molar-refractivity contribution in [2.24, 2.45) is 0 Å². The Bertz CT molecular complexity index is 491. The van der Waals surface area contributed by atoms with Gasteiger partial charge in [0.25, 0.3) is 0 Å². The zero-order valence-electron chi connectivity index (χ0n) is 11.2. The molecule has 0 saturated heterocycles. The predicted molar refractivity (Wildman–Crippen MR) is 79.6 cm³/mol. The number of nitrogen functional groups attached to an aromatic ring is 1. The summed E-state index contributed by atoms with van der Waals surface area (Å²) >= 11 is 0. The van der Waals surface area contributed by atoms with Crippen molar-refractivity contribution in [3.63, 3.8) is 0 Å². The van der Waals surface area contributed by atoms with Gasteiger partial charge in [0.05, 0.1) is 0 Å². The van der Waals surface area contributed by atoms with Gasteiger partial charge in [0.2, 0.25) is 0 Å². The van der Waals surface area contributed by atoms with Gasteiger partial charge in [-0.1, -0.05) is 12.1 Å². The minimum Gasteiger partial charge on any atom is -0.457 e. The molecule has 100 valence electrons. The number of benzene rings is 2. The molecular formula is C16H20N2O. The molecule has 2 rings (SSSR count). The van der Waals surface area contributed by atoms with Crippen LogP contribution in [0.4, 0.5) is 5.69 Å². The second-order valence-corrected chi connectivity index (χ2v) is 4.52. The average Bonchev–Trinajstić information content (AvgIpc) is 2.44. The monoisotopic (exact) mass is 256 g/mol. The maximum Gasteiger partial charge on any atom is 0.127 e. The van der Waals surface area contributed by atoms with E-state index < -0.39 is 0 Å². The van der Waals surface area contributed by atoms with Gasteiger partial charge < -0.3 is 15.8 Å². The molecule has 0 saturated carbocycles. The fourth-order valence-electron chi connectivity index (χ4n) is 1.87. The third-order valence-corrected chi connectivity index (χ3v) is 2.93. The maximum atomic E-state index is 5.75. The van der Waals surface area contributed by atoms with Crippen LogP contribution in [-0.4, -0.2) is 13.6 Å². The van der Waals surface area contributed by atoms with Crippen LogP contribution in [0, 0.1) is 0 Å². The summed E-state index contributed by atoms with van der Waals surface area (Å²) in [5, 5.41) is 3.15. The Morgan fingerprint density at radius 2 is 1.53 bits per heavy atom. The molecule has 2 aromatic carbocycles. The first-order valence-corrected chi connectivity index (χ1v) is 6.55. The zero-order chi connectivity index (χ0) is 13.5. The van der Waals surface area contributed by atoms with Gasteiger partial charge in [0.1, 0.15) is 11.5 Å². The normalized spacial score (nSPS) is 10.4. The Hall–Kier alpha value is -2.00. The predicted octanol–water partition coefficient (Wildman–Crippen LogP) is 3.21. The molecule has 0 heterocycles. The molecule has 0 fully saturated rings. The molecule has 0 aliphatic rings. The SMILES string of the molecule is CNCCCc1ccc(Oc2ccc(N)cc2)cc1. The van der Waals surface area contributed by atoms with Crippen LogP contribution in [0.1, 0.15) is 12.0 Å². The number of anilines is 1. The van der Waals surface area contributed by atoms with Crippen LogP contribution in [0.3, 0.4) is 0 Å². The van der Waals surface area contributed by atoms with Gasteiger partial charge in [-0.2, -0.15) is 0 Å². The molecule has 2 aromatic rings. The van der Waals surface area contributed by atoms with E-state index in [0.29, 0.717) is 0 Å². The molecule has 3 heteroatoms. The Balaban J connectivity index is 1.92. The number of ether oxygens (including phenoxy) is 1. The van der Waals surface area contributed by atoms with Gasteiger partial charge in [-0.25, -0.2) is 0 Å². The number of aryl methyl sites for hydroxylation is 1. The summed E-state index contributed by atoms with van der Waals surface area (Å²) in [6.07, 6.45) is 2.23. The minimum atomic E-state index is 0.743. The number of rotatable bonds is 6. The van der Waals surface area contributed by atoms with Crippen LogP contribution >= 0.6 is 0 Å². The lowest BCUT2D eigenvalue weighted by atomic mass is 10.1. The van der Waals surface area contributed by atoms with Gasteiger partial charge in [-0.15, -0.1) is 0 Å². The van der Waals surface area contributed by atoms with E-state index in [1.807, 2.05) is 43.4 Å². The van der Waals surface area contributed by atoms with E-state index in [4.69, 9.17) is 10.5 Å². The van der Waals surface area contributed by atoms with Gasteiger partial charge >= 0.3 is 0 Å².